The molecule has 0 spiro atoms. The summed E-state index contributed by atoms with van der Waals surface area (Å²) in [6, 6.07) is 8.26. The van der Waals surface area contributed by atoms with Crippen LogP contribution < -0.4 is 0 Å². The Hall–Kier alpha value is -0.680. The first kappa shape index (κ1) is 18.4. The molecule has 0 radical (unpaired) electrons. The fraction of sp³-hybridized carbons (Fsp3) is 0.200. The summed E-state index contributed by atoms with van der Waals surface area (Å²) in [5.41, 5.74) is 3.53. The maximum Gasteiger partial charge on any atom is 0.0704 e. The summed E-state index contributed by atoms with van der Waals surface area (Å²) < 4.78 is 1.16. The third kappa shape index (κ3) is 4.65. The molecule has 0 saturated carbocycles. The highest BCUT2D eigenvalue weighted by atomic mass is 79.9. The lowest BCUT2D eigenvalue weighted by atomic mass is 9.96. The molecule has 1 aliphatic heterocycles. The van der Waals surface area contributed by atoms with Crippen LogP contribution in [0, 0.1) is 0 Å². The third-order valence-electron chi connectivity index (χ3n) is 3.02. The van der Waals surface area contributed by atoms with Gasteiger partial charge in [-0.05, 0) is 64.7 Å². The van der Waals surface area contributed by atoms with Crippen LogP contribution in [0.15, 0.2) is 51.0 Å². The number of aliphatic imine (C=N–C) groups is 1. The zero-order valence-electron chi connectivity index (χ0n) is 11.2. The predicted octanol–water partition coefficient (Wildman–Crippen LogP) is 5.42. The van der Waals surface area contributed by atoms with Crippen molar-refractivity contribution in [1.29, 1.82) is 0 Å². The van der Waals surface area contributed by atoms with E-state index in [-0.39, 0.29) is 24.8 Å². The molecule has 0 aromatic carbocycles. The van der Waals surface area contributed by atoms with Crippen molar-refractivity contribution in [2.75, 3.05) is 6.54 Å². The van der Waals surface area contributed by atoms with E-state index in [0.717, 1.165) is 34.4 Å². The van der Waals surface area contributed by atoms with Crippen molar-refractivity contribution in [3.63, 3.8) is 0 Å². The Morgan fingerprint density at radius 3 is 2.71 bits per heavy atom. The van der Waals surface area contributed by atoms with Gasteiger partial charge >= 0.3 is 0 Å². The van der Waals surface area contributed by atoms with Crippen LogP contribution in [0.5, 0.6) is 0 Å². The van der Waals surface area contributed by atoms with E-state index in [1.807, 2.05) is 12.3 Å². The van der Waals surface area contributed by atoms with Gasteiger partial charge < -0.3 is 0 Å². The van der Waals surface area contributed by atoms with Crippen molar-refractivity contribution in [1.82, 2.24) is 4.98 Å². The van der Waals surface area contributed by atoms with Gasteiger partial charge in [-0.3, -0.25) is 9.98 Å². The molecule has 0 amide bonds. The Morgan fingerprint density at radius 1 is 1.19 bits per heavy atom. The molecule has 6 heteroatoms. The van der Waals surface area contributed by atoms with Crippen LogP contribution in [0.3, 0.4) is 0 Å². The van der Waals surface area contributed by atoms with E-state index < -0.39 is 0 Å². The maximum absolute atomic E-state index is 4.69. The average molecular weight is 406 g/mol. The molecule has 0 aliphatic carbocycles. The third-order valence-corrected chi connectivity index (χ3v) is 4.59. The lowest BCUT2D eigenvalue weighted by molar-refractivity contribution is 0.818. The number of aromatic nitrogens is 1. The van der Waals surface area contributed by atoms with Crippen LogP contribution >= 0.6 is 52.1 Å². The molecule has 2 aromatic rings. The second-order valence-corrected chi connectivity index (χ2v) is 6.88. The summed E-state index contributed by atoms with van der Waals surface area (Å²) in [5, 5.41) is 0. The Morgan fingerprint density at radius 2 is 2.05 bits per heavy atom. The summed E-state index contributed by atoms with van der Waals surface area (Å²) in [7, 11) is 0. The summed E-state index contributed by atoms with van der Waals surface area (Å²) in [4.78, 5) is 10.1. The monoisotopic (exact) mass is 404 g/mol. The molecule has 3 rings (SSSR count). The lowest BCUT2D eigenvalue weighted by Gasteiger charge is -2.15. The van der Waals surface area contributed by atoms with Crippen LogP contribution in [0.4, 0.5) is 0 Å². The normalized spacial score (nSPS) is 15.9. The van der Waals surface area contributed by atoms with Crippen molar-refractivity contribution >= 4 is 63.9 Å². The second kappa shape index (κ2) is 8.69. The van der Waals surface area contributed by atoms with Crippen molar-refractivity contribution in [2.24, 2.45) is 4.99 Å². The SMILES string of the molecule is Brc1ccc(/C=C2\CCCN=C2c2cccnc2)s1.Cl.Cl. The largest absolute Gasteiger partial charge is 0.284 e. The molecular formula is C15H15BrCl2N2S. The standard InChI is InChI=1S/C15H13BrN2S.2ClH/c16-14-6-5-13(19-14)9-11-3-2-8-18-15(11)12-4-1-7-17-10-12;;/h1,4-7,9-10H,2-3,8H2;2*1H/b11-9+;;. The minimum atomic E-state index is 0. The van der Waals surface area contributed by atoms with Crippen LogP contribution in [0.2, 0.25) is 0 Å². The van der Waals surface area contributed by atoms with E-state index in [0.29, 0.717) is 0 Å². The van der Waals surface area contributed by atoms with E-state index in [2.05, 4.69) is 50.2 Å². The molecule has 0 unspecified atom stereocenters. The van der Waals surface area contributed by atoms with Gasteiger partial charge in [-0.2, -0.15) is 0 Å². The van der Waals surface area contributed by atoms with Gasteiger partial charge in [-0.25, -0.2) is 0 Å². The number of allylic oxidation sites excluding steroid dienone is 1. The van der Waals surface area contributed by atoms with E-state index in [4.69, 9.17) is 0 Å². The van der Waals surface area contributed by atoms with Gasteiger partial charge in [0.1, 0.15) is 0 Å². The zero-order valence-corrected chi connectivity index (χ0v) is 15.2. The molecular weight excluding hydrogens is 391 g/mol. The highest BCUT2D eigenvalue weighted by Crippen LogP contribution is 2.27. The Labute approximate surface area is 149 Å². The van der Waals surface area contributed by atoms with Gasteiger partial charge in [0.2, 0.25) is 0 Å². The quantitative estimate of drug-likeness (QED) is 0.655. The lowest BCUT2D eigenvalue weighted by Crippen LogP contribution is -2.11. The van der Waals surface area contributed by atoms with Crippen molar-refractivity contribution in [3.8, 4) is 0 Å². The number of thiophene rings is 1. The highest BCUT2D eigenvalue weighted by Gasteiger charge is 2.14. The molecule has 112 valence electrons. The average Bonchev–Trinajstić information content (AvgIpc) is 2.86. The number of rotatable bonds is 2. The molecule has 1 aliphatic rings. The van der Waals surface area contributed by atoms with Gasteiger partial charge in [0, 0.05) is 29.4 Å². The highest BCUT2D eigenvalue weighted by molar-refractivity contribution is 9.11. The van der Waals surface area contributed by atoms with Crippen LogP contribution in [0.1, 0.15) is 23.3 Å². The summed E-state index contributed by atoms with van der Waals surface area (Å²) in [6.45, 7) is 0.912. The van der Waals surface area contributed by atoms with Crippen LogP contribution in [-0.2, 0) is 0 Å². The second-order valence-electron chi connectivity index (χ2n) is 4.39. The van der Waals surface area contributed by atoms with Crippen LogP contribution in [0.25, 0.3) is 6.08 Å². The van der Waals surface area contributed by atoms with Gasteiger partial charge in [-0.1, -0.05) is 0 Å². The Kier molecular flexibility index (Phi) is 7.60. The van der Waals surface area contributed by atoms with Crippen molar-refractivity contribution in [3.05, 3.63) is 56.5 Å². The van der Waals surface area contributed by atoms with E-state index in [9.17, 15) is 0 Å². The first-order valence-electron chi connectivity index (χ1n) is 6.24. The fourth-order valence-electron chi connectivity index (χ4n) is 2.18. The minimum Gasteiger partial charge on any atom is -0.284 e. The molecule has 0 bridgehead atoms. The number of pyridine rings is 1. The first-order valence-corrected chi connectivity index (χ1v) is 7.85. The summed E-state index contributed by atoms with van der Waals surface area (Å²) in [6.07, 6.45) is 8.15. The van der Waals surface area contributed by atoms with Crippen molar-refractivity contribution < 1.29 is 0 Å². The molecule has 0 fully saturated rings. The fourth-order valence-corrected chi connectivity index (χ4v) is 3.57. The Bertz CT molecular complexity index is 638. The number of hydrogen-bond donors (Lipinski definition) is 0. The predicted molar refractivity (Wildman–Crippen MR) is 99.4 cm³/mol. The molecule has 3 heterocycles. The zero-order chi connectivity index (χ0) is 13.1. The molecule has 2 aromatic heterocycles. The molecule has 0 N–H and O–H groups in total. The smallest absolute Gasteiger partial charge is 0.0704 e. The summed E-state index contributed by atoms with van der Waals surface area (Å²) >= 11 is 5.25. The van der Waals surface area contributed by atoms with Crippen molar-refractivity contribution in [2.45, 2.75) is 12.8 Å². The Balaban J connectivity index is 0.00000110. The number of hydrogen-bond acceptors (Lipinski definition) is 3. The van der Waals surface area contributed by atoms with Gasteiger partial charge in [0.25, 0.3) is 0 Å². The van der Waals surface area contributed by atoms with E-state index in [1.54, 1.807) is 17.5 Å². The van der Waals surface area contributed by atoms with E-state index >= 15 is 0 Å². The van der Waals surface area contributed by atoms with Crippen LogP contribution in [-0.4, -0.2) is 17.2 Å². The van der Waals surface area contributed by atoms with Gasteiger partial charge in [-0.15, -0.1) is 36.2 Å². The topological polar surface area (TPSA) is 25.2 Å². The van der Waals surface area contributed by atoms with E-state index in [1.165, 1.54) is 10.5 Å². The first-order chi connectivity index (χ1) is 9.33. The maximum atomic E-state index is 4.69. The minimum absolute atomic E-state index is 0. The molecule has 0 atom stereocenters. The van der Waals surface area contributed by atoms with Gasteiger partial charge in [0.05, 0.1) is 9.50 Å². The number of nitrogens with zero attached hydrogens (tertiary/aromatic N) is 2. The van der Waals surface area contributed by atoms with Gasteiger partial charge in [0.15, 0.2) is 0 Å². The summed E-state index contributed by atoms with van der Waals surface area (Å²) in [5.74, 6) is 0. The molecule has 0 saturated heterocycles. The number of halogens is 3. The molecule has 2 nitrogen and oxygen atoms in total. The molecule has 21 heavy (non-hydrogen) atoms.